The van der Waals surface area contributed by atoms with Crippen LogP contribution in [0.25, 0.3) is 0 Å². The molecule has 4 rings (SSSR count). The highest BCUT2D eigenvalue weighted by Gasteiger charge is 2.25. The van der Waals surface area contributed by atoms with E-state index in [1.807, 2.05) is 38.1 Å². The maximum absolute atomic E-state index is 11.8. The average molecular weight is 486 g/mol. The van der Waals surface area contributed by atoms with Gasteiger partial charge in [-0.05, 0) is 56.2 Å². The van der Waals surface area contributed by atoms with Crippen molar-refractivity contribution in [2.75, 3.05) is 43.6 Å². The van der Waals surface area contributed by atoms with Gasteiger partial charge in [0.1, 0.15) is 24.9 Å². The van der Waals surface area contributed by atoms with E-state index in [0.29, 0.717) is 11.1 Å². The molecule has 0 radical (unpaired) electrons. The van der Waals surface area contributed by atoms with Gasteiger partial charge in [-0.15, -0.1) is 0 Å². The van der Waals surface area contributed by atoms with E-state index in [9.17, 15) is 4.79 Å². The molecule has 0 aliphatic carbocycles. The fraction of sp³-hybridized carbons (Fsp3) is 0.500. The van der Waals surface area contributed by atoms with Crippen molar-refractivity contribution in [1.82, 2.24) is 14.9 Å². The molecule has 0 atom stereocenters. The van der Waals surface area contributed by atoms with Gasteiger partial charge in [-0.2, -0.15) is 0 Å². The van der Waals surface area contributed by atoms with E-state index < -0.39 is 0 Å². The van der Waals surface area contributed by atoms with Crippen molar-refractivity contribution in [2.45, 2.75) is 45.3 Å². The van der Waals surface area contributed by atoms with Gasteiger partial charge in [-0.1, -0.05) is 0 Å². The van der Waals surface area contributed by atoms with Crippen molar-refractivity contribution in [3.05, 3.63) is 36.2 Å². The highest BCUT2D eigenvalue weighted by atomic mass is 32.1. The Hall–Kier alpha value is -2.98. The van der Waals surface area contributed by atoms with Crippen LogP contribution in [0.3, 0.4) is 0 Å². The van der Waals surface area contributed by atoms with Gasteiger partial charge >= 0.3 is 0 Å². The van der Waals surface area contributed by atoms with Crippen LogP contribution in [-0.2, 0) is 20.7 Å². The number of methoxy groups -OCH3 is 1. The molecule has 34 heavy (non-hydrogen) atoms. The summed E-state index contributed by atoms with van der Waals surface area (Å²) >= 11 is 5.38. The molecule has 0 saturated carbocycles. The Morgan fingerprint density at radius 1 is 1.21 bits per heavy atom. The smallest absolute Gasteiger partial charge is 0.259 e. The standard InChI is InChI=1S/C24H31N5O4S/c1-16(2)32-24(34)28-9-7-19(8-10-28)33-23-13-21(25-15-26-23)29-11-6-17-12-18(4-5-20(17)29)27-22(30)14-31-3/h4-5,12-13,15-16,19H,6-11,14H2,1-3H3,(H,27,30). The minimum Gasteiger partial charge on any atom is -0.474 e. The lowest BCUT2D eigenvalue weighted by atomic mass is 10.1. The lowest BCUT2D eigenvalue weighted by Crippen LogP contribution is -2.42. The molecular formula is C24H31N5O4S. The van der Waals surface area contributed by atoms with Crippen LogP contribution in [0.2, 0.25) is 0 Å². The molecule has 1 amide bonds. The number of thiocarbonyl (C=S) groups is 1. The summed E-state index contributed by atoms with van der Waals surface area (Å²) in [5.74, 6) is 1.19. The first-order chi connectivity index (χ1) is 16.4. The molecule has 1 aromatic heterocycles. The van der Waals surface area contributed by atoms with Gasteiger partial charge in [0, 0.05) is 57.0 Å². The topological polar surface area (TPSA) is 89.0 Å². The van der Waals surface area contributed by atoms with Gasteiger partial charge in [0.2, 0.25) is 11.8 Å². The number of piperidine rings is 1. The number of likely N-dealkylation sites (tertiary alicyclic amines) is 1. The second-order valence-corrected chi connectivity index (χ2v) is 9.03. The maximum Gasteiger partial charge on any atom is 0.259 e. The van der Waals surface area contributed by atoms with E-state index in [2.05, 4.69) is 25.1 Å². The van der Waals surface area contributed by atoms with Crippen LogP contribution in [0.15, 0.2) is 30.6 Å². The summed E-state index contributed by atoms with van der Waals surface area (Å²) in [7, 11) is 1.50. The summed E-state index contributed by atoms with van der Waals surface area (Å²) in [5, 5.41) is 3.42. The number of hydrogen-bond donors (Lipinski definition) is 1. The Bertz CT molecular complexity index is 1030. The molecule has 2 aliphatic rings. The SMILES string of the molecule is COCC(=O)Nc1ccc2c(c1)CCN2c1cc(OC2CCN(C(=S)OC(C)C)CC2)ncn1. The summed E-state index contributed by atoms with van der Waals surface area (Å²) < 4.78 is 16.7. The van der Waals surface area contributed by atoms with E-state index in [4.69, 9.17) is 26.4 Å². The molecule has 10 heteroatoms. The van der Waals surface area contributed by atoms with Gasteiger partial charge in [-0.25, -0.2) is 9.97 Å². The second-order valence-electron chi connectivity index (χ2n) is 8.68. The number of carbonyl (C=O) groups is 1. The predicted molar refractivity (Wildman–Crippen MR) is 134 cm³/mol. The number of anilines is 3. The monoisotopic (exact) mass is 485 g/mol. The van der Waals surface area contributed by atoms with Crippen molar-refractivity contribution in [2.24, 2.45) is 0 Å². The molecule has 0 unspecified atom stereocenters. The number of nitrogens with one attached hydrogen (secondary N) is 1. The Labute approximate surface area is 205 Å². The zero-order chi connectivity index (χ0) is 24.1. The first-order valence-electron chi connectivity index (χ1n) is 11.6. The van der Waals surface area contributed by atoms with Gasteiger partial charge in [0.15, 0.2) is 0 Å². The summed E-state index contributed by atoms with van der Waals surface area (Å²) in [6.07, 6.45) is 4.27. The normalized spacial score (nSPS) is 15.9. The van der Waals surface area contributed by atoms with Crippen molar-refractivity contribution in [3.8, 4) is 5.88 Å². The van der Waals surface area contributed by atoms with Gasteiger partial charge in [0.05, 0.1) is 6.10 Å². The highest BCUT2D eigenvalue weighted by Crippen LogP contribution is 2.36. The fourth-order valence-electron chi connectivity index (χ4n) is 4.19. The minimum atomic E-state index is -0.171. The number of benzene rings is 1. The molecule has 1 fully saturated rings. The Balaban J connectivity index is 1.37. The van der Waals surface area contributed by atoms with Crippen molar-refractivity contribution in [1.29, 1.82) is 0 Å². The summed E-state index contributed by atoms with van der Waals surface area (Å²) in [4.78, 5) is 24.9. The predicted octanol–water partition coefficient (Wildman–Crippen LogP) is 3.31. The summed E-state index contributed by atoms with van der Waals surface area (Å²) in [5.41, 5.74) is 2.99. The van der Waals surface area contributed by atoms with Crippen LogP contribution in [0.5, 0.6) is 5.88 Å². The Morgan fingerprint density at radius 2 is 2.00 bits per heavy atom. The number of carbonyl (C=O) groups excluding carboxylic acids is 1. The molecule has 3 heterocycles. The van der Waals surface area contributed by atoms with Crippen LogP contribution in [-0.4, -0.2) is 71.5 Å². The third-order valence-corrected chi connectivity index (χ3v) is 6.12. The molecule has 1 aromatic carbocycles. The number of hydrogen-bond acceptors (Lipinski definition) is 8. The Morgan fingerprint density at radius 3 is 2.74 bits per heavy atom. The molecule has 1 saturated heterocycles. The number of rotatable bonds is 7. The lowest BCUT2D eigenvalue weighted by Gasteiger charge is -2.33. The third-order valence-electron chi connectivity index (χ3n) is 5.76. The number of fused-ring (bicyclic) bond motifs is 1. The molecule has 2 aliphatic heterocycles. The van der Waals surface area contributed by atoms with Crippen LogP contribution in [0.1, 0.15) is 32.3 Å². The van der Waals surface area contributed by atoms with Gasteiger partial charge < -0.3 is 29.3 Å². The number of aromatic nitrogens is 2. The van der Waals surface area contributed by atoms with Crippen molar-refractivity contribution < 1.29 is 19.0 Å². The number of nitrogens with zero attached hydrogens (tertiary/aromatic N) is 4. The maximum atomic E-state index is 11.8. The molecule has 1 N–H and O–H groups in total. The van der Waals surface area contributed by atoms with Crippen LogP contribution >= 0.6 is 12.2 Å². The summed E-state index contributed by atoms with van der Waals surface area (Å²) in [6, 6.07) is 7.79. The first kappa shape index (κ1) is 24.2. The van der Waals surface area contributed by atoms with Gasteiger partial charge in [-0.3, -0.25) is 4.79 Å². The zero-order valence-electron chi connectivity index (χ0n) is 19.8. The van der Waals surface area contributed by atoms with Gasteiger partial charge in [0.25, 0.3) is 5.17 Å². The van der Waals surface area contributed by atoms with Crippen LogP contribution < -0.4 is 15.0 Å². The molecule has 0 spiro atoms. The first-order valence-corrected chi connectivity index (χ1v) is 12.0. The molecule has 9 nitrogen and oxygen atoms in total. The van der Waals surface area contributed by atoms with Crippen molar-refractivity contribution in [3.63, 3.8) is 0 Å². The molecular weight excluding hydrogens is 454 g/mol. The van der Waals surface area contributed by atoms with E-state index in [0.717, 1.165) is 61.7 Å². The molecule has 0 bridgehead atoms. The average Bonchev–Trinajstić information content (AvgIpc) is 3.23. The van der Waals surface area contributed by atoms with Crippen molar-refractivity contribution >= 4 is 40.5 Å². The van der Waals surface area contributed by atoms with Crippen LogP contribution in [0, 0.1) is 0 Å². The van der Waals surface area contributed by atoms with E-state index >= 15 is 0 Å². The largest absolute Gasteiger partial charge is 0.474 e. The number of ether oxygens (including phenoxy) is 3. The van der Waals surface area contributed by atoms with E-state index in [1.165, 1.54) is 7.11 Å². The highest BCUT2D eigenvalue weighted by molar-refractivity contribution is 7.80. The van der Waals surface area contributed by atoms with E-state index in [1.54, 1.807) is 6.33 Å². The second kappa shape index (κ2) is 11.0. The quantitative estimate of drug-likeness (QED) is 0.593. The minimum absolute atomic E-state index is 0.0321. The third kappa shape index (κ3) is 5.92. The number of amides is 1. The molecule has 2 aromatic rings. The zero-order valence-corrected chi connectivity index (χ0v) is 20.6. The Kier molecular flexibility index (Phi) is 7.79. The summed E-state index contributed by atoms with van der Waals surface area (Å²) in [6.45, 7) is 6.39. The van der Waals surface area contributed by atoms with Crippen LogP contribution in [0.4, 0.5) is 17.2 Å². The molecule has 182 valence electrons. The lowest BCUT2D eigenvalue weighted by molar-refractivity contribution is -0.119. The van der Waals surface area contributed by atoms with E-state index in [-0.39, 0.29) is 24.7 Å². The fourth-order valence-corrected chi connectivity index (χ4v) is 4.57.